The molecule has 1 aromatic rings. The third-order valence-corrected chi connectivity index (χ3v) is 8.13. The van der Waals surface area contributed by atoms with Crippen LogP contribution < -0.4 is 26.4 Å². The van der Waals surface area contributed by atoms with E-state index in [0.29, 0.717) is 0 Å². The number of aliphatic hydroxyl groups is 3. The van der Waals surface area contributed by atoms with Gasteiger partial charge >= 0.3 is 5.69 Å². The van der Waals surface area contributed by atoms with Crippen LogP contribution in [0.3, 0.4) is 0 Å². The first-order valence-corrected chi connectivity index (χ1v) is 13.6. The summed E-state index contributed by atoms with van der Waals surface area (Å²) in [5, 5.41) is 32.4. The first-order valence-electron chi connectivity index (χ1n) is 10.7. The van der Waals surface area contributed by atoms with E-state index < -0.39 is 82.6 Å². The first-order chi connectivity index (χ1) is 17.1. The molecule has 1 aromatic heterocycles. The van der Waals surface area contributed by atoms with E-state index in [1.165, 1.54) is 20.0 Å². The number of rotatable bonds is 10. The number of aliphatic hydroxyl groups excluding tert-OH is 3. The van der Waals surface area contributed by atoms with Gasteiger partial charge in [0.1, 0.15) is 24.5 Å². The third kappa shape index (κ3) is 7.20. The highest BCUT2D eigenvalue weighted by atomic mass is 31.3. The highest BCUT2D eigenvalue weighted by Crippen LogP contribution is 2.57. The van der Waals surface area contributed by atoms with Crippen LogP contribution in [-0.2, 0) is 36.8 Å². The lowest BCUT2D eigenvalue weighted by Crippen LogP contribution is -2.62. The molecule has 3 rings (SSSR count). The summed E-state index contributed by atoms with van der Waals surface area (Å²) in [4.78, 5) is 60.4. The van der Waals surface area contributed by atoms with Gasteiger partial charge in [0.05, 0.1) is 24.9 Å². The molecule has 0 bridgehead atoms. The number of phosphoric ester groups is 2. The van der Waals surface area contributed by atoms with Crippen molar-refractivity contribution in [2.75, 3.05) is 6.61 Å². The van der Waals surface area contributed by atoms with Crippen molar-refractivity contribution in [2.45, 2.75) is 69.3 Å². The number of aromatic amines is 1. The van der Waals surface area contributed by atoms with Gasteiger partial charge in [-0.1, -0.05) is 0 Å². The number of nitrogens with one attached hydrogen (secondary N) is 2. The number of phosphoric acid groups is 2. The molecular formula is C17H25N3O15P2-2. The van der Waals surface area contributed by atoms with Crippen molar-refractivity contribution in [1.29, 1.82) is 0 Å². The molecule has 210 valence electrons. The summed E-state index contributed by atoms with van der Waals surface area (Å²) in [5.41, 5.74) is -1.29. The number of nitrogens with zero attached hydrogens (tertiary/aromatic N) is 1. The molecule has 10 atom stereocenters. The Kier molecular flexibility index (Phi) is 9.27. The van der Waals surface area contributed by atoms with Crippen LogP contribution in [0.15, 0.2) is 15.8 Å². The van der Waals surface area contributed by atoms with Gasteiger partial charge in [-0.05, 0) is 13.8 Å². The number of amides is 1. The lowest BCUT2D eigenvalue weighted by molar-refractivity contribution is -0.286. The van der Waals surface area contributed by atoms with Crippen molar-refractivity contribution in [3.8, 4) is 0 Å². The van der Waals surface area contributed by atoms with Gasteiger partial charge in [-0.15, -0.1) is 0 Å². The molecule has 2 saturated heterocycles. The Morgan fingerprint density at radius 2 is 1.89 bits per heavy atom. The molecular weight excluding hydrogens is 548 g/mol. The Morgan fingerprint density at radius 3 is 2.54 bits per heavy atom. The zero-order valence-corrected chi connectivity index (χ0v) is 21.1. The maximum absolute atomic E-state index is 12.1. The van der Waals surface area contributed by atoms with E-state index in [9.17, 15) is 48.6 Å². The molecule has 0 radical (unpaired) electrons. The van der Waals surface area contributed by atoms with Gasteiger partial charge in [0.15, 0.2) is 6.29 Å². The minimum absolute atomic E-state index is 0.172. The Morgan fingerprint density at radius 1 is 1.22 bits per heavy atom. The number of ether oxygens (including phenoxy) is 2. The SMILES string of the molecule is Cc1cn([C@H]2C[C@H](O)[C@@H](COP(=O)([O-])OP(=O)([O-])O[C@H]3O[C@H](C)[C@@H](NC=O)[C@H](O)[C@H]3O)O2)c(=O)[nH]c1=O. The van der Waals surface area contributed by atoms with E-state index >= 15 is 0 Å². The fraction of sp³-hybridized carbons (Fsp3) is 0.706. The minimum Gasteiger partial charge on any atom is -0.756 e. The van der Waals surface area contributed by atoms with Crippen LogP contribution in [0.25, 0.3) is 0 Å². The van der Waals surface area contributed by atoms with E-state index in [0.717, 1.165) is 4.57 Å². The molecule has 0 saturated carbocycles. The predicted molar refractivity (Wildman–Crippen MR) is 113 cm³/mol. The van der Waals surface area contributed by atoms with Crippen molar-refractivity contribution in [3.63, 3.8) is 0 Å². The van der Waals surface area contributed by atoms with Crippen molar-refractivity contribution in [3.05, 3.63) is 32.6 Å². The van der Waals surface area contributed by atoms with Gasteiger partial charge < -0.3 is 44.4 Å². The standard InChI is InChI=1S/C17H27N3O15P2/c1-7-4-20(17(26)19-15(7)25)11-3-9(22)10(33-11)5-31-36(27,28)35-37(29,30)34-16-14(24)13(23)12(18-6-21)8(2)32-16/h4,6,8-14,16,22-24H,3,5H2,1-2H3,(H,18,21)(H,27,28)(H,29,30)(H,19,25,26)/p-2/t8-,9+,10-,11-,12-,13+,14-,16-/m1/s1. The van der Waals surface area contributed by atoms with Gasteiger partial charge in [-0.3, -0.25) is 32.8 Å². The molecule has 0 spiro atoms. The van der Waals surface area contributed by atoms with Gasteiger partial charge in [0.2, 0.25) is 6.41 Å². The largest absolute Gasteiger partial charge is 0.756 e. The van der Waals surface area contributed by atoms with E-state index in [-0.39, 0.29) is 18.4 Å². The highest BCUT2D eigenvalue weighted by molar-refractivity contribution is 7.59. The zero-order chi connectivity index (χ0) is 27.7. The number of carbonyl (C=O) groups excluding carboxylic acids is 1. The average molecular weight is 573 g/mol. The lowest BCUT2D eigenvalue weighted by atomic mass is 9.97. The van der Waals surface area contributed by atoms with Crippen LogP contribution in [0, 0.1) is 6.92 Å². The molecule has 0 aromatic carbocycles. The maximum Gasteiger partial charge on any atom is 0.330 e. The fourth-order valence-corrected chi connectivity index (χ4v) is 5.80. The minimum atomic E-state index is -5.78. The first kappa shape index (κ1) is 29.8. The summed E-state index contributed by atoms with van der Waals surface area (Å²) in [7, 11) is -11.4. The number of carbonyl (C=O) groups is 1. The smallest absolute Gasteiger partial charge is 0.330 e. The van der Waals surface area contributed by atoms with Crippen LogP contribution in [0.5, 0.6) is 0 Å². The molecule has 18 nitrogen and oxygen atoms in total. The Balaban J connectivity index is 1.58. The van der Waals surface area contributed by atoms with Crippen LogP contribution in [0.4, 0.5) is 0 Å². The number of aryl methyl sites for hydroxylation is 1. The molecule has 2 unspecified atom stereocenters. The third-order valence-electron chi connectivity index (χ3n) is 5.60. The quantitative estimate of drug-likeness (QED) is 0.132. The van der Waals surface area contributed by atoms with E-state index in [2.05, 4.69) is 18.7 Å². The molecule has 0 aliphatic carbocycles. The van der Waals surface area contributed by atoms with Crippen molar-refractivity contribution in [1.82, 2.24) is 14.9 Å². The van der Waals surface area contributed by atoms with Gasteiger partial charge in [0.25, 0.3) is 21.2 Å². The number of H-pyrrole nitrogens is 1. The van der Waals surface area contributed by atoms with Gasteiger partial charge in [0, 0.05) is 18.2 Å². The second kappa shape index (κ2) is 11.5. The molecule has 3 heterocycles. The highest BCUT2D eigenvalue weighted by Gasteiger charge is 2.45. The van der Waals surface area contributed by atoms with Crippen molar-refractivity contribution >= 4 is 22.1 Å². The fourth-order valence-electron chi connectivity index (χ4n) is 3.72. The zero-order valence-electron chi connectivity index (χ0n) is 19.3. The van der Waals surface area contributed by atoms with Gasteiger partial charge in [-0.25, -0.2) is 9.11 Å². The Bertz CT molecular complexity index is 1190. The van der Waals surface area contributed by atoms with Crippen LogP contribution in [-0.4, -0.2) is 80.7 Å². The summed E-state index contributed by atoms with van der Waals surface area (Å²) in [6, 6.07) is -1.12. The number of hydrogen-bond acceptors (Lipinski definition) is 15. The Hall–Kier alpha value is -1.79. The van der Waals surface area contributed by atoms with Crippen molar-refractivity contribution in [2.24, 2.45) is 0 Å². The summed E-state index contributed by atoms with van der Waals surface area (Å²) in [6.07, 6.45) is -9.47. The van der Waals surface area contributed by atoms with Crippen LogP contribution in [0.2, 0.25) is 0 Å². The van der Waals surface area contributed by atoms with E-state index in [1.807, 2.05) is 4.98 Å². The van der Waals surface area contributed by atoms with E-state index in [1.54, 1.807) is 0 Å². The Labute approximate surface area is 207 Å². The van der Waals surface area contributed by atoms with E-state index in [4.69, 9.17) is 9.47 Å². The van der Waals surface area contributed by atoms with Crippen LogP contribution >= 0.6 is 15.6 Å². The second-order valence-electron chi connectivity index (χ2n) is 8.29. The average Bonchev–Trinajstić information content (AvgIpc) is 3.15. The van der Waals surface area contributed by atoms with Crippen molar-refractivity contribution < 1.29 is 61.9 Å². The summed E-state index contributed by atoms with van der Waals surface area (Å²) in [5.74, 6) is 0. The predicted octanol–water partition coefficient (Wildman–Crippen LogP) is -3.94. The number of aromatic nitrogens is 2. The summed E-state index contributed by atoms with van der Waals surface area (Å²) < 4.78 is 48.5. The molecule has 1 amide bonds. The number of hydrogen-bond donors (Lipinski definition) is 5. The molecule has 20 heteroatoms. The second-order valence-corrected chi connectivity index (χ2v) is 11.2. The monoisotopic (exact) mass is 573 g/mol. The molecule has 2 aliphatic heterocycles. The lowest BCUT2D eigenvalue weighted by Gasteiger charge is -2.43. The summed E-state index contributed by atoms with van der Waals surface area (Å²) >= 11 is 0. The molecule has 2 fully saturated rings. The molecule has 37 heavy (non-hydrogen) atoms. The normalized spacial score (nSPS) is 35.4. The molecule has 2 aliphatic rings. The molecule has 5 N–H and O–H groups in total. The topological polar surface area (TPSA) is 271 Å². The summed E-state index contributed by atoms with van der Waals surface area (Å²) in [6.45, 7) is 1.81. The maximum atomic E-state index is 12.1. The van der Waals surface area contributed by atoms with Gasteiger partial charge in [-0.2, -0.15) is 0 Å². The van der Waals surface area contributed by atoms with Crippen LogP contribution in [0.1, 0.15) is 25.1 Å².